The van der Waals surface area contributed by atoms with Gasteiger partial charge in [-0.1, -0.05) is 30.3 Å². The van der Waals surface area contributed by atoms with Crippen molar-refractivity contribution in [2.24, 2.45) is 0 Å². The second kappa shape index (κ2) is 8.06. The van der Waals surface area contributed by atoms with Gasteiger partial charge < -0.3 is 20.7 Å². The number of imidazole rings is 1. The lowest BCUT2D eigenvalue weighted by Crippen LogP contribution is -2.40. The Kier molecular flexibility index (Phi) is 5.85. The van der Waals surface area contributed by atoms with Gasteiger partial charge in [0, 0.05) is 19.6 Å². The van der Waals surface area contributed by atoms with Crippen LogP contribution in [-0.4, -0.2) is 32.8 Å². The van der Waals surface area contributed by atoms with Crippen molar-refractivity contribution in [2.45, 2.75) is 13.1 Å². The molecule has 0 bridgehead atoms. The first-order valence-electron chi connectivity index (χ1n) is 6.94. The maximum atomic E-state index is 11.7. The number of nitrogens with one attached hydrogen (secondary N) is 2. The molecule has 0 fully saturated rings. The number of rotatable bonds is 6. The molecule has 2 aromatic rings. The first-order valence-corrected chi connectivity index (χ1v) is 7.32. The fraction of sp³-hybridized carbons (Fsp3) is 0.214. The highest BCUT2D eigenvalue weighted by Gasteiger charge is 2.17. The molecule has 126 valence electrons. The average Bonchev–Trinajstić information content (AvgIpc) is 2.95. The largest absolute Gasteiger partial charge is 0.383 e. The van der Waals surface area contributed by atoms with Crippen LogP contribution in [0.2, 0.25) is 5.28 Å². The van der Waals surface area contributed by atoms with Crippen molar-refractivity contribution in [3.63, 3.8) is 0 Å². The van der Waals surface area contributed by atoms with E-state index in [-0.39, 0.29) is 30.7 Å². The topological polar surface area (TPSA) is 119 Å². The van der Waals surface area contributed by atoms with E-state index in [4.69, 9.17) is 11.6 Å². The predicted octanol–water partition coefficient (Wildman–Crippen LogP) is 0.877. The Bertz CT molecular complexity index is 747. The number of amides is 2. The van der Waals surface area contributed by atoms with Crippen LogP contribution in [0.4, 0.5) is 5.82 Å². The number of benzene rings is 1. The number of halogens is 1. The van der Waals surface area contributed by atoms with Gasteiger partial charge in [0.2, 0.25) is 0 Å². The van der Waals surface area contributed by atoms with E-state index in [2.05, 4.69) is 15.6 Å². The molecule has 10 heteroatoms. The van der Waals surface area contributed by atoms with Gasteiger partial charge in [-0.2, -0.15) is 0 Å². The molecule has 9 nitrogen and oxygen atoms in total. The van der Waals surface area contributed by atoms with Crippen LogP contribution in [0.15, 0.2) is 36.5 Å². The van der Waals surface area contributed by atoms with Crippen LogP contribution >= 0.6 is 11.6 Å². The fourth-order valence-electron chi connectivity index (χ4n) is 1.85. The summed E-state index contributed by atoms with van der Waals surface area (Å²) in [6, 6.07) is 9.16. The maximum absolute atomic E-state index is 11.7. The molecule has 0 unspecified atom stereocenters. The highest BCUT2D eigenvalue weighted by Crippen LogP contribution is 2.14. The Balaban J connectivity index is 1.76. The van der Waals surface area contributed by atoms with E-state index in [1.165, 1.54) is 4.57 Å². The van der Waals surface area contributed by atoms with E-state index >= 15 is 0 Å². The summed E-state index contributed by atoms with van der Waals surface area (Å²) < 4.78 is 1.31. The number of carbonyl (C=O) groups is 2. The molecule has 2 amide bonds. The molecule has 0 atom stereocenters. The van der Waals surface area contributed by atoms with Gasteiger partial charge in [-0.05, 0) is 27.1 Å². The van der Waals surface area contributed by atoms with E-state index in [1.54, 1.807) is 0 Å². The molecule has 24 heavy (non-hydrogen) atoms. The lowest BCUT2D eigenvalue weighted by molar-refractivity contribution is -0.389. The predicted molar refractivity (Wildman–Crippen MR) is 85.2 cm³/mol. The van der Waals surface area contributed by atoms with E-state index in [0.29, 0.717) is 0 Å². The van der Waals surface area contributed by atoms with Crippen LogP contribution in [0.3, 0.4) is 0 Å². The van der Waals surface area contributed by atoms with Gasteiger partial charge in [-0.25, -0.2) is 0 Å². The third kappa shape index (κ3) is 4.78. The van der Waals surface area contributed by atoms with Crippen molar-refractivity contribution in [3.05, 3.63) is 57.5 Å². The molecule has 0 aliphatic heterocycles. The van der Waals surface area contributed by atoms with Crippen molar-refractivity contribution in [2.75, 3.05) is 6.54 Å². The van der Waals surface area contributed by atoms with Crippen molar-refractivity contribution >= 4 is 29.2 Å². The minimum Gasteiger partial charge on any atom is -0.358 e. The molecular weight excluding hydrogens is 338 g/mol. The molecule has 0 aliphatic carbocycles. The quantitative estimate of drug-likeness (QED) is 0.455. The monoisotopic (exact) mass is 351 g/mol. The van der Waals surface area contributed by atoms with Gasteiger partial charge in [0.1, 0.15) is 6.20 Å². The smallest absolute Gasteiger partial charge is 0.358 e. The summed E-state index contributed by atoms with van der Waals surface area (Å²) in [5.74, 6) is -1.94. The molecular formula is C14H14ClN5O4. The van der Waals surface area contributed by atoms with Crippen LogP contribution in [0.25, 0.3) is 0 Å². The summed E-state index contributed by atoms with van der Waals surface area (Å²) in [6.07, 6.45) is 1.16. The Labute approximate surface area is 141 Å². The van der Waals surface area contributed by atoms with Crippen LogP contribution < -0.4 is 10.6 Å². The summed E-state index contributed by atoms with van der Waals surface area (Å²) in [4.78, 5) is 36.8. The van der Waals surface area contributed by atoms with Crippen molar-refractivity contribution in [1.82, 2.24) is 20.2 Å². The van der Waals surface area contributed by atoms with Gasteiger partial charge in [-0.3, -0.25) is 14.2 Å². The first-order chi connectivity index (χ1) is 11.5. The summed E-state index contributed by atoms with van der Waals surface area (Å²) in [5, 5.41) is 15.4. The fourth-order valence-corrected chi connectivity index (χ4v) is 2.07. The summed E-state index contributed by atoms with van der Waals surface area (Å²) in [5.41, 5.74) is 0.871. The number of nitrogens with zero attached hydrogens (tertiary/aromatic N) is 3. The summed E-state index contributed by atoms with van der Waals surface area (Å²) in [7, 11) is 0. The second-order valence-electron chi connectivity index (χ2n) is 4.74. The van der Waals surface area contributed by atoms with Gasteiger partial charge in [-0.15, -0.1) is 0 Å². The van der Waals surface area contributed by atoms with E-state index in [1.807, 2.05) is 30.3 Å². The SMILES string of the molecule is O=C(NCCn1cc([N+](=O)[O-])nc1Cl)C(=O)NCc1ccccc1. The van der Waals surface area contributed by atoms with Crippen LogP contribution in [0.1, 0.15) is 5.56 Å². The molecule has 1 aromatic heterocycles. The van der Waals surface area contributed by atoms with Gasteiger partial charge >= 0.3 is 22.9 Å². The standard InChI is InChI=1S/C14H14ClN5O4/c15-14-18-11(20(23)24)9-19(14)7-6-16-12(21)13(22)17-8-10-4-2-1-3-5-10/h1-5,9H,6-8H2,(H,16,21)(H,17,22). The summed E-state index contributed by atoms with van der Waals surface area (Å²) in [6.45, 7) is 0.467. The zero-order valence-electron chi connectivity index (χ0n) is 12.4. The third-order valence-electron chi connectivity index (χ3n) is 3.04. The number of nitro groups is 1. The lowest BCUT2D eigenvalue weighted by Gasteiger charge is -2.07. The van der Waals surface area contributed by atoms with Crippen LogP contribution in [0.5, 0.6) is 0 Å². The highest BCUT2D eigenvalue weighted by molar-refractivity contribution is 6.35. The van der Waals surface area contributed by atoms with Crippen molar-refractivity contribution in [1.29, 1.82) is 0 Å². The highest BCUT2D eigenvalue weighted by atomic mass is 35.5. The average molecular weight is 352 g/mol. The molecule has 0 spiro atoms. The minimum atomic E-state index is -0.795. The Morgan fingerprint density at radius 1 is 1.21 bits per heavy atom. The number of hydrogen-bond acceptors (Lipinski definition) is 5. The molecule has 0 saturated heterocycles. The molecule has 1 heterocycles. The van der Waals surface area contributed by atoms with Crippen LogP contribution in [0, 0.1) is 10.1 Å². The summed E-state index contributed by atoms with van der Waals surface area (Å²) >= 11 is 5.74. The Hall–Kier alpha value is -2.94. The van der Waals surface area contributed by atoms with E-state index in [9.17, 15) is 19.7 Å². The van der Waals surface area contributed by atoms with E-state index < -0.39 is 16.7 Å². The Morgan fingerprint density at radius 2 is 1.88 bits per heavy atom. The Morgan fingerprint density at radius 3 is 2.50 bits per heavy atom. The molecule has 0 radical (unpaired) electrons. The molecule has 2 N–H and O–H groups in total. The number of aromatic nitrogens is 2. The molecule has 0 aliphatic rings. The van der Waals surface area contributed by atoms with Gasteiger partial charge in [0.25, 0.3) is 0 Å². The van der Waals surface area contributed by atoms with E-state index in [0.717, 1.165) is 11.8 Å². The third-order valence-corrected chi connectivity index (χ3v) is 3.34. The lowest BCUT2D eigenvalue weighted by atomic mass is 10.2. The molecule has 2 rings (SSSR count). The minimum absolute atomic E-state index is 0.0653. The molecule has 1 aromatic carbocycles. The molecule has 0 saturated carbocycles. The van der Waals surface area contributed by atoms with Crippen molar-refractivity contribution in [3.8, 4) is 0 Å². The van der Waals surface area contributed by atoms with Crippen molar-refractivity contribution < 1.29 is 14.5 Å². The zero-order valence-corrected chi connectivity index (χ0v) is 13.2. The second-order valence-corrected chi connectivity index (χ2v) is 5.08. The number of hydrogen-bond donors (Lipinski definition) is 2. The normalized spacial score (nSPS) is 10.2. The number of carbonyl (C=O) groups excluding carboxylic acids is 2. The first kappa shape index (κ1) is 17.4. The van der Waals surface area contributed by atoms with Crippen LogP contribution in [-0.2, 0) is 22.7 Å². The van der Waals surface area contributed by atoms with Gasteiger partial charge in [0.05, 0.1) is 0 Å². The zero-order chi connectivity index (χ0) is 17.5. The van der Waals surface area contributed by atoms with Gasteiger partial charge in [0.15, 0.2) is 0 Å². The maximum Gasteiger partial charge on any atom is 0.383 e.